The van der Waals surface area contributed by atoms with Crippen molar-refractivity contribution in [3.8, 4) is 5.75 Å². The SMILES string of the molecule is O=C(COc1ccc(Cl)cc1Cl)Nc1ccc(N2CCOCC2)c2nonc12. The van der Waals surface area contributed by atoms with Gasteiger partial charge in [-0.1, -0.05) is 23.2 Å². The second-order valence-electron chi connectivity index (χ2n) is 6.10. The fourth-order valence-corrected chi connectivity index (χ4v) is 3.40. The molecule has 0 aliphatic carbocycles. The highest BCUT2D eigenvalue weighted by Gasteiger charge is 2.19. The standard InChI is InChI=1S/C18H16Cl2N4O4/c19-11-1-4-15(12(20)9-11)27-10-16(25)21-13-2-3-14(18-17(13)22-28-23-18)24-5-7-26-8-6-24/h1-4,9H,5-8,10H2,(H,21,25). The lowest BCUT2D eigenvalue weighted by atomic mass is 10.2. The molecule has 1 N–H and O–H groups in total. The maximum atomic E-state index is 12.3. The zero-order chi connectivity index (χ0) is 19.5. The quantitative estimate of drug-likeness (QED) is 0.673. The van der Waals surface area contributed by atoms with Gasteiger partial charge in [0, 0.05) is 18.1 Å². The first-order valence-electron chi connectivity index (χ1n) is 8.57. The van der Waals surface area contributed by atoms with Crippen LogP contribution in [0.4, 0.5) is 11.4 Å². The number of nitrogens with one attached hydrogen (secondary N) is 1. The summed E-state index contributed by atoms with van der Waals surface area (Å²) in [5.74, 6) is 0.00608. The Balaban J connectivity index is 1.47. The summed E-state index contributed by atoms with van der Waals surface area (Å²) in [4.78, 5) is 14.5. The van der Waals surface area contributed by atoms with E-state index in [0.717, 1.165) is 18.8 Å². The smallest absolute Gasteiger partial charge is 0.262 e. The fourth-order valence-electron chi connectivity index (χ4n) is 2.94. The molecule has 0 bridgehead atoms. The molecule has 0 atom stereocenters. The number of anilines is 2. The zero-order valence-electron chi connectivity index (χ0n) is 14.7. The third-order valence-electron chi connectivity index (χ3n) is 4.27. The highest BCUT2D eigenvalue weighted by atomic mass is 35.5. The predicted molar refractivity (Wildman–Crippen MR) is 105 cm³/mol. The number of hydrogen-bond acceptors (Lipinski definition) is 7. The van der Waals surface area contributed by atoms with E-state index in [2.05, 4.69) is 20.5 Å². The number of amides is 1. The molecule has 1 amide bonds. The van der Waals surface area contributed by atoms with Crippen LogP contribution in [0.3, 0.4) is 0 Å². The summed E-state index contributed by atoms with van der Waals surface area (Å²) in [5, 5.41) is 11.5. The molecule has 2 heterocycles. The Morgan fingerprint density at radius 3 is 2.71 bits per heavy atom. The van der Waals surface area contributed by atoms with E-state index >= 15 is 0 Å². The van der Waals surface area contributed by atoms with Gasteiger partial charge in [0.15, 0.2) is 17.6 Å². The maximum absolute atomic E-state index is 12.3. The predicted octanol–water partition coefficient (Wildman–Crippen LogP) is 3.38. The molecular weight excluding hydrogens is 407 g/mol. The number of nitrogens with zero attached hydrogens (tertiary/aromatic N) is 3. The molecule has 10 heteroatoms. The maximum Gasteiger partial charge on any atom is 0.262 e. The molecule has 1 aliphatic heterocycles. The van der Waals surface area contributed by atoms with E-state index in [1.165, 1.54) is 0 Å². The van der Waals surface area contributed by atoms with Crippen molar-refractivity contribution in [2.24, 2.45) is 0 Å². The van der Waals surface area contributed by atoms with Crippen LogP contribution in [0.1, 0.15) is 0 Å². The summed E-state index contributed by atoms with van der Waals surface area (Å²) in [6.07, 6.45) is 0. The van der Waals surface area contributed by atoms with Gasteiger partial charge in [0.2, 0.25) is 0 Å². The lowest BCUT2D eigenvalue weighted by Gasteiger charge is -2.28. The van der Waals surface area contributed by atoms with Gasteiger partial charge in [0.1, 0.15) is 5.75 Å². The molecule has 3 aromatic rings. The van der Waals surface area contributed by atoms with Gasteiger partial charge in [-0.15, -0.1) is 0 Å². The monoisotopic (exact) mass is 422 g/mol. The van der Waals surface area contributed by atoms with Crippen LogP contribution in [0.25, 0.3) is 11.0 Å². The lowest BCUT2D eigenvalue weighted by Crippen LogP contribution is -2.36. The summed E-state index contributed by atoms with van der Waals surface area (Å²) in [7, 11) is 0. The largest absolute Gasteiger partial charge is 0.482 e. The summed E-state index contributed by atoms with van der Waals surface area (Å²) in [6, 6.07) is 8.44. The van der Waals surface area contributed by atoms with Crippen molar-refractivity contribution in [1.82, 2.24) is 10.3 Å². The molecule has 1 aromatic heterocycles. The van der Waals surface area contributed by atoms with Gasteiger partial charge in [-0.05, 0) is 40.6 Å². The Hall–Kier alpha value is -2.55. The van der Waals surface area contributed by atoms with E-state index in [4.69, 9.17) is 37.3 Å². The number of aromatic nitrogens is 2. The molecule has 1 saturated heterocycles. The van der Waals surface area contributed by atoms with Gasteiger partial charge in [-0.3, -0.25) is 4.79 Å². The molecule has 146 valence electrons. The first kappa shape index (κ1) is 18.8. The minimum Gasteiger partial charge on any atom is -0.482 e. The highest BCUT2D eigenvalue weighted by molar-refractivity contribution is 6.35. The molecule has 4 rings (SSSR count). The van der Waals surface area contributed by atoms with Crippen molar-refractivity contribution in [2.45, 2.75) is 0 Å². The minimum atomic E-state index is -0.366. The highest BCUT2D eigenvalue weighted by Crippen LogP contribution is 2.31. The van der Waals surface area contributed by atoms with Gasteiger partial charge in [0.05, 0.1) is 29.6 Å². The van der Waals surface area contributed by atoms with Gasteiger partial charge in [-0.25, -0.2) is 4.63 Å². The van der Waals surface area contributed by atoms with Crippen molar-refractivity contribution in [1.29, 1.82) is 0 Å². The van der Waals surface area contributed by atoms with Crippen LogP contribution in [0.15, 0.2) is 35.0 Å². The normalized spacial score (nSPS) is 14.3. The Bertz CT molecular complexity index is 1000. The average Bonchev–Trinajstić information content (AvgIpc) is 3.18. The Kier molecular flexibility index (Phi) is 5.52. The summed E-state index contributed by atoms with van der Waals surface area (Å²) < 4.78 is 15.7. The van der Waals surface area contributed by atoms with Crippen LogP contribution in [-0.2, 0) is 9.53 Å². The van der Waals surface area contributed by atoms with E-state index in [-0.39, 0.29) is 12.5 Å². The topological polar surface area (TPSA) is 89.7 Å². The summed E-state index contributed by atoms with van der Waals surface area (Å²) >= 11 is 11.9. The Labute approximate surface area is 170 Å². The number of halogens is 2. The zero-order valence-corrected chi connectivity index (χ0v) is 16.2. The molecule has 1 aliphatic rings. The molecule has 28 heavy (non-hydrogen) atoms. The Morgan fingerprint density at radius 1 is 1.14 bits per heavy atom. The number of rotatable bonds is 5. The first-order valence-corrected chi connectivity index (χ1v) is 9.33. The number of carbonyl (C=O) groups excluding carboxylic acids is 1. The number of benzene rings is 2. The van der Waals surface area contributed by atoms with Crippen LogP contribution in [0.5, 0.6) is 5.75 Å². The number of hydrogen-bond donors (Lipinski definition) is 1. The number of ether oxygens (including phenoxy) is 2. The van der Waals surface area contributed by atoms with Crippen LogP contribution in [-0.4, -0.2) is 49.1 Å². The van der Waals surface area contributed by atoms with E-state index in [1.807, 2.05) is 6.07 Å². The molecule has 0 saturated carbocycles. The second kappa shape index (κ2) is 8.22. The molecule has 1 fully saturated rings. The number of morpholine rings is 1. The van der Waals surface area contributed by atoms with E-state index in [0.29, 0.717) is 45.7 Å². The van der Waals surface area contributed by atoms with Crippen LogP contribution in [0, 0.1) is 0 Å². The third kappa shape index (κ3) is 3.99. The molecule has 0 unspecified atom stereocenters. The molecule has 8 nitrogen and oxygen atoms in total. The Morgan fingerprint density at radius 2 is 1.93 bits per heavy atom. The van der Waals surface area contributed by atoms with Crippen molar-refractivity contribution >= 4 is 51.5 Å². The molecule has 0 spiro atoms. The minimum absolute atomic E-state index is 0.223. The molecule has 2 aromatic carbocycles. The summed E-state index contributed by atoms with van der Waals surface area (Å²) in [6.45, 7) is 2.58. The van der Waals surface area contributed by atoms with Crippen molar-refractivity contribution < 1.29 is 18.9 Å². The number of fused-ring (bicyclic) bond motifs is 1. The van der Waals surface area contributed by atoms with Gasteiger partial charge >= 0.3 is 0 Å². The van der Waals surface area contributed by atoms with Crippen LogP contribution < -0.4 is 15.0 Å². The average molecular weight is 423 g/mol. The molecule has 0 radical (unpaired) electrons. The third-order valence-corrected chi connectivity index (χ3v) is 4.80. The van der Waals surface area contributed by atoms with Crippen LogP contribution in [0.2, 0.25) is 10.0 Å². The van der Waals surface area contributed by atoms with Gasteiger partial charge in [-0.2, -0.15) is 0 Å². The van der Waals surface area contributed by atoms with E-state index in [1.54, 1.807) is 24.3 Å². The lowest BCUT2D eigenvalue weighted by molar-refractivity contribution is -0.118. The second-order valence-corrected chi connectivity index (χ2v) is 6.95. The van der Waals surface area contributed by atoms with E-state index < -0.39 is 0 Å². The van der Waals surface area contributed by atoms with Crippen molar-refractivity contribution in [3.63, 3.8) is 0 Å². The van der Waals surface area contributed by atoms with Crippen molar-refractivity contribution in [2.75, 3.05) is 43.1 Å². The summed E-state index contributed by atoms with van der Waals surface area (Å²) in [5.41, 5.74) is 2.44. The van der Waals surface area contributed by atoms with Gasteiger partial charge in [0.25, 0.3) is 5.91 Å². The van der Waals surface area contributed by atoms with E-state index in [9.17, 15) is 4.79 Å². The number of carbonyl (C=O) groups is 1. The fraction of sp³-hybridized carbons (Fsp3) is 0.278. The molecular formula is C18H16Cl2N4O4. The van der Waals surface area contributed by atoms with Gasteiger partial charge < -0.3 is 19.7 Å². The van der Waals surface area contributed by atoms with Crippen LogP contribution >= 0.6 is 23.2 Å². The first-order chi connectivity index (χ1) is 13.6. The van der Waals surface area contributed by atoms with Crippen molar-refractivity contribution in [3.05, 3.63) is 40.4 Å².